The number of carbonyl (C=O) groups excluding carboxylic acids is 1. The number of rotatable bonds is 1. The van der Waals surface area contributed by atoms with Crippen molar-refractivity contribution in [1.29, 1.82) is 5.26 Å². The summed E-state index contributed by atoms with van der Waals surface area (Å²) in [4.78, 5) is 13.3. The molecule has 1 atom stereocenters. The number of anilines is 1. The van der Waals surface area contributed by atoms with Crippen LogP contribution in [0.15, 0.2) is 29.8 Å². The molecular formula is C17H19N3O. The average molecular weight is 281 g/mol. The Bertz CT molecular complexity index is 671. The van der Waals surface area contributed by atoms with Gasteiger partial charge in [0.2, 0.25) is 5.91 Å². The van der Waals surface area contributed by atoms with Crippen molar-refractivity contribution in [3.8, 4) is 6.07 Å². The van der Waals surface area contributed by atoms with E-state index in [9.17, 15) is 4.79 Å². The van der Waals surface area contributed by atoms with E-state index in [0.29, 0.717) is 12.1 Å². The van der Waals surface area contributed by atoms with E-state index in [1.54, 1.807) is 6.92 Å². The summed E-state index contributed by atoms with van der Waals surface area (Å²) in [5.74, 6) is 0.132. The van der Waals surface area contributed by atoms with Crippen molar-refractivity contribution in [3.63, 3.8) is 0 Å². The number of nitriles is 1. The smallest absolute Gasteiger partial charge is 0.219 e. The predicted octanol–water partition coefficient (Wildman–Crippen LogP) is 2.42. The molecule has 3 rings (SSSR count). The highest BCUT2D eigenvalue weighted by atomic mass is 16.2. The molecule has 0 spiro atoms. The van der Waals surface area contributed by atoms with Gasteiger partial charge in [0.1, 0.15) is 0 Å². The van der Waals surface area contributed by atoms with Crippen LogP contribution in [0, 0.1) is 11.3 Å². The topological polar surface area (TPSA) is 56.1 Å². The lowest BCUT2D eigenvalue weighted by atomic mass is 9.74. The van der Waals surface area contributed by atoms with Gasteiger partial charge in [-0.3, -0.25) is 4.79 Å². The van der Waals surface area contributed by atoms with E-state index in [0.717, 1.165) is 25.2 Å². The van der Waals surface area contributed by atoms with Gasteiger partial charge < -0.3 is 10.2 Å². The summed E-state index contributed by atoms with van der Waals surface area (Å²) >= 11 is 0. The lowest BCUT2D eigenvalue weighted by Crippen LogP contribution is -2.37. The second-order valence-corrected chi connectivity index (χ2v) is 6.00. The number of nitrogens with one attached hydrogen (secondary N) is 1. The van der Waals surface area contributed by atoms with E-state index in [4.69, 9.17) is 5.26 Å². The zero-order chi connectivity index (χ0) is 15.0. The Kier molecular flexibility index (Phi) is 3.21. The molecule has 1 N–H and O–H groups in total. The monoisotopic (exact) mass is 281 g/mol. The summed E-state index contributed by atoms with van der Waals surface area (Å²) in [7, 11) is 0. The van der Waals surface area contributed by atoms with Crippen LogP contribution in [0.5, 0.6) is 0 Å². The third-order valence-corrected chi connectivity index (χ3v) is 4.74. The molecule has 1 amide bonds. The van der Waals surface area contributed by atoms with Gasteiger partial charge in [-0.1, -0.05) is 11.6 Å². The molecule has 0 saturated heterocycles. The molecule has 0 saturated carbocycles. The van der Waals surface area contributed by atoms with Gasteiger partial charge in [-0.25, -0.2) is 0 Å². The fourth-order valence-corrected chi connectivity index (χ4v) is 3.33. The number of hydrogen-bond donors (Lipinski definition) is 1. The van der Waals surface area contributed by atoms with E-state index in [-0.39, 0.29) is 11.3 Å². The second kappa shape index (κ2) is 4.92. The fourth-order valence-electron chi connectivity index (χ4n) is 3.33. The molecule has 2 aliphatic rings. The summed E-state index contributed by atoms with van der Waals surface area (Å²) in [5, 5.41) is 12.6. The van der Waals surface area contributed by atoms with Gasteiger partial charge >= 0.3 is 0 Å². The summed E-state index contributed by atoms with van der Waals surface area (Å²) in [6.07, 6.45) is 3.08. The van der Waals surface area contributed by atoms with E-state index in [1.807, 2.05) is 23.1 Å². The third-order valence-electron chi connectivity index (χ3n) is 4.74. The number of amides is 1. The average Bonchev–Trinajstić information content (AvgIpc) is 2.85. The highest BCUT2D eigenvalue weighted by Crippen LogP contribution is 2.43. The molecule has 2 aliphatic heterocycles. The Morgan fingerprint density at radius 3 is 2.90 bits per heavy atom. The fraction of sp³-hybridized carbons (Fsp3) is 0.412. The van der Waals surface area contributed by atoms with Gasteiger partial charge in [0.15, 0.2) is 0 Å². The lowest BCUT2D eigenvalue weighted by Gasteiger charge is -2.34. The second-order valence-electron chi connectivity index (χ2n) is 6.00. The Balaban J connectivity index is 1.95. The molecule has 1 aromatic carbocycles. The Labute approximate surface area is 125 Å². The maximum absolute atomic E-state index is 11.4. The number of hydrogen-bond acceptors (Lipinski definition) is 3. The molecule has 0 radical (unpaired) electrons. The van der Waals surface area contributed by atoms with Gasteiger partial charge in [0, 0.05) is 37.7 Å². The van der Waals surface area contributed by atoms with Gasteiger partial charge in [-0.05, 0) is 37.1 Å². The van der Waals surface area contributed by atoms with Gasteiger partial charge in [-0.15, -0.1) is 0 Å². The van der Waals surface area contributed by atoms with Crippen molar-refractivity contribution < 1.29 is 4.79 Å². The van der Waals surface area contributed by atoms with Crippen LogP contribution in [0.25, 0.3) is 0 Å². The van der Waals surface area contributed by atoms with Crippen LogP contribution in [0.4, 0.5) is 5.69 Å². The highest BCUT2D eigenvalue weighted by molar-refractivity contribution is 5.74. The first-order valence-electron chi connectivity index (χ1n) is 7.28. The third kappa shape index (κ3) is 2.19. The summed E-state index contributed by atoms with van der Waals surface area (Å²) in [6.45, 7) is 6.16. The minimum absolute atomic E-state index is 0.0783. The molecule has 21 heavy (non-hydrogen) atoms. The van der Waals surface area contributed by atoms with Crippen LogP contribution in [0.1, 0.15) is 31.4 Å². The maximum Gasteiger partial charge on any atom is 0.219 e. The van der Waals surface area contributed by atoms with Crippen molar-refractivity contribution in [3.05, 3.63) is 41.0 Å². The van der Waals surface area contributed by atoms with E-state index in [1.165, 1.54) is 11.1 Å². The first-order chi connectivity index (χ1) is 10.0. The van der Waals surface area contributed by atoms with Crippen LogP contribution in [-0.4, -0.2) is 30.4 Å². The minimum atomic E-state index is -0.0783. The summed E-state index contributed by atoms with van der Waals surface area (Å²) in [5.41, 5.74) is 4.30. The first kappa shape index (κ1) is 13.7. The number of benzene rings is 1. The molecule has 2 heterocycles. The zero-order valence-corrected chi connectivity index (χ0v) is 12.4. The van der Waals surface area contributed by atoms with Crippen LogP contribution in [0.3, 0.4) is 0 Å². The van der Waals surface area contributed by atoms with E-state index in [2.05, 4.69) is 24.4 Å². The molecule has 4 nitrogen and oxygen atoms in total. The Morgan fingerprint density at radius 1 is 1.48 bits per heavy atom. The molecule has 0 aliphatic carbocycles. The number of fused-ring (bicyclic) bond motifs is 1. The normalized spacial score (nSPS) is 23.9. The molecule has 108 valence electrons. The van der Waals surface area contributed by atoms with Crippen molar-refractivity contribution in [2.75, 3.05) is 25.0 Å². The lowest BCUT2D eigenvalue weighted by molar-refractivity contribution is -0.128. The molecule has 0 bridgehead atoms. The SMILES string of the molecule is CC(=O)N1CC=C(C2(C)CNc3ccc(C#N)cc32)CC1. The van der Waals surface area contributed by atoms with Gasteiger partial charge in [-0.2, -0.15) is 5.26 Å². The van der Waals surface area contributed by atoms with Crippen LogP contribution < -0.4 is 5.32 Å². The number of carbonyl (C=O) groups is 1. The quantitative estimate of drug-likeness (QED) is 0.804. The largest absolute Gasteiger partial charge is 0.384 e. The van der Waals surface area contributed by atoms with Crippen molar-refractivity contribution >= 4 is 11.6 Å². The van der Waals surface area contributed by atoms with Crippen LogP contribution in [-0.2, 0) is 10.2 Å². The van der Waals surface area contributed by atoms with E-state index >= 15 is 0 Å². The summed E-state index contributed by atoms with van der Waals surface area (Å²) in [6, 6.07) is 8.05. The maximum atomic E-state index is 11.4. The molecule has 4 heteroatoms. The standard InChI is InChI=1S/C17H19N3O/c1-12(21)20-7-5-14(6-8-20)17(2)11-19-16-4-3-13(10-18)9-15(16)17/h3-5,9,19H,6-8,11H2,1-2H3. The summed E-state index contributed by atoms with van der Waals surface area (Å²) < 4.78 is 0. The molecule has 0 aromatic heterocycles. The van der Waals surface area contributed by atoms with Gasteiger partial charge in [0.25, 0.3) is 0 Å². The molecular weight excluding hydrogens is 262 g/mol. The first-order valence-corrected chi connectivity index (χ1v) is 7.28. The van der Waals surface area contributed by atoms with Crippen molar-refractivity contribution in [1.82, 2.24) is 4.90 Å². The number of nitrogens with zero attached hydrogens (tertiary/aromatic N) is 2. The van der Waals surface area contributed by atoms with Gasteiger partial charge in [0.05, 0.1) is 11.6 Å². The minimum Gasteiger partial charge on any atom is -0.384 e. The Morgan fingerprint density at radius 2 is 2.29 bits per heavy atom. The molecule has 0 fully saturated rings. The van der Waals surface area contributed by atoms with E-state index < -0.39 is 0 Å². The van der Waals surface area contributed by atoms with Crippen molar-refractivity contribution in [2.45, 2.75) is 25.7 Å². The predicted molar refractivity (Wildman–Crippen MR) is 82.0 cm³/mol. The Hall–Kier alpha value is -2.28. The van der Waals surface area contributed by atoms with Crippen LogP contribution in [0.2, 0.25) is 0 Å². The zero-order valence-electron chi connectivity index (χ0n) is 12.4. The highest BCUT2D eigenvalue weighted by Gasteiger charge is 2.38. The van der Waals surface area contributed by atoms with Crippen LogP contribution >= 0.6 is 0 Å². The molecule has 1 unspecified atom stereocenters. The molecule has 1 aromatic rings. The van der Waals surface area contributed by atoms with Crippen molar-refractivity contribution in [2.24, 2.45) is 0 Å².